The standard InChI is InChI=1S/C15H21BrO4/c1-6-9-7-11(19-4)13(20-5)10(12(9)16)8-15(2,3)14(17)18/h7H,6,8H2,1-5H3,(H,17,18). The lowest BCUT2D eigenvalue weighted by atomic mass is 9.85. The number of methoxy groups -OCH3 is 2. The molecule has 0 saturated heterocycles. The summed E-state index contributed by atoms with van der Waals surface area (Å²) in [6.07, 6.45) is 1.18. The first-order chi connectivity index (χ1) is 9.28. The number of hydrogen-bond donors (Lipinski definition) is 1. The SMILES string of the molecule is CCc1cc(OC)c(OC)c(CC(C)(C)C(=O)O)c1Br. The molecule has 112 valence electrons. The highest BCUT2D eigenvalue weighted by Crippen LogP contribution is 2.42. The number of halogens is 1. The molecule has 0 aromatic heterocycles. The molecule has 0 amide bonds. The summed E-state index contributed by atoms with van der Waals surface area (Å²) in [7, 11) is 3.14. The number of benzene rings is 1. The molecule has 0 saturated carbocycles. The number of carboxylic acid groups (broad SMARTS) is 1. The van der Waals surface area contributed by atoms with Crippen molar-refractivity contribution in [3.63, 3.8) is 0 Å². The zero-order chi connectivity index (χ0) is 15.5. The molecule has 0 radical (unpaired) electrons. The van der Waals surface area contributed by atoms with Crippen molar-refractivity contribution >= 4 is 21.9 Å². The Labute approximate surface area is 128 Å². The van der Waals surface area contributed by atoms with Crippen LogP contribution >= 0.6 is 15.9 Å². The van der Waals surface area contributed by atoms with E-state index in [1.807, 2.05) is 13.0 Å². The van der Waals surface area contributed by atoms with Crippen LogP contribution in [-0.4, -0.2) is 25.3 Å². The van der Waals surface area contributed by atoms with Crippen molar-refractivity contribution in [2.24, 2.45) is 5.41 Å². The van der Waals surface area contributed by atoms with E-state index in [9.17, 15) is 9.90 Å². The molecule has 0 spiro atoms. The topological polar surface area (TPSA) is 55.8 Å². The van der Waals surface area contributed by atoms with Gasteiger partial charge in [-0.05, 0) is 38.3 Å². The highest BCUT2D eigenvalue weighted by molar-refractivity contribution is 9.10. The molecular formula is C15H21BrO4. The Kier molecular flexibility index (Phi) is 5.45. The van der Waals surface area contributed by atoms with Gasteiger partial charge in [0, 0.05) is 10.0 Å². The lowest BCUT2D eigenvalue weighted by Gasteiger charge is -2.24. The van der Waals surface area contributed by atoms with Gasteiger partial charge in [-0.3, -0.25) is 4.79 Å². The van der Waals surface area contributed by atoms with Gasteiger partial charge in [-0.1, -0.05) is 22.9 Å². The van der Waals surface area contributed by atoms with Crippen LogP contribution in [0.2, 0.25) is 0 Å². The van der Waals surface area contributed by atoms with Crippen LogP contribution in [0, 0.1) is 5.41 Å². The fraction of sp³-hybridized carbons (Fsp3) is 0.533. The normalized spacial score (nSPS) is 11.3. The summed E-state index contributed by atoms with van der Waals surface area (Å²) in [5, 5.41) is 9.32. The van der Waals surface area contributed by atoms with Crippen LogP contribution in [0.5, 0.6) is 11.5 Å². The molecule has 0 heterocycles. The van der Waals surface area contributed by atoms with Gasteiger partial charge in [0.05, 0.1) is 19.6 Å². The van der Waals surface area contributed by atoms with Gasteiger partial charge in [0.1, 0.15) is 0 Å². The third-order valence-corrected chi connectivity index (χ3v) is 4.34. The van der Waals surface area contributed by atoms with E-state index in [-0.39, 0.29) is 0 Å². The van der Waals surface area contributed by atoms with Crippen LogP contribution in [-0.2, 0) is 17.6 Å². The maximum absolute atomic E-state index is 11.4. The van der Waals surface area contributed by atoms with Crippen LogP contribution in [0.15, 0.2) is 10.5 Å². The highest BCUT2D eigenvalue weighted by atomic mass is 79.9. The Bertz CT molecular complexity index is 509. The second-order valence-electron chi connectivity index (χ2n) is 5.28. The quantitative estimate of drug-likeness (QED) is 0.855. The summed E-state index contributed by atoms with van der Waals surface area (Å²) in [5.41, 5.74) is 1.02. The summed E-state index contributed by atoms with van der Waals surface area (Å²) >= 11 is 3.57. The number of carboxylic acids is 1. The van der Waals surface area contributed by atoms with E-state index < -0.39 is 11.4 Å². The molecule has 0 aliphatic rings. The first-order valence-electron chi connectivity index (χ1n) is 6.44. The van der Waals surface area contributed by atoms with Crippen molar-refractivity contribution in [1.82, 2.24) is 0 Å². The molecule has 0 unspecified atom stereocenters. The largest absolute Gasteiger partial charge is 0.493 e. The summed E-state index contributed by atoms with van der Waals surface area (Å²) in [4.78, 5) is 11.4. The first kappa shape index (κ1) is 16.8. The van der Waals surface area contributed by atoms with E-state index in [2.05, 4.69) is 15.9 Å². The number of carbonyl (C=O) groups is 1. The van der Waals surface area contributed by atoms with Crippen molar-refractivity contribution in [3.05, 3.63) is 21.7 Å². The maximum atomic E-state index is 11.4. The highest BCUT2D eigenvalue weighted by Gasteiger charge is 2.31. The molecule has 0 fully saturated rings. The van der Waals surface area contributed by atoms with Gasteiger partial charge in [0.25, 0.3) is 0 Å². The molecule has 4 nitrogen and oxygen atoms in total. The maximum Gasteiger partial charge on any atom is 0.309 e. The average molecular weight is 345 g/mol. The molecule has 5 heteroatoms. The van der Waals surface area contributed by atoms with Crippen LogP contribution in [0.1, 0.15) is 31.9 Å². The molecule has 0 aliphatic carbocycles. The van der Waals surface area contributed by atoms with Gasteiger partial charge >= 0.3 is 5.97 Å². The van der Waals surface area contributed by atoms with Gasteiger partial charge < -0.3 is 14.6 Å². The predicted octanol–water partition coefficient (Wildman–Crippen LogP) is 3.68. The molecule has 20 heavy (non-hydrogen) atoms. The Morgan fingerprint density at radius 3 is 2.35 bits per heavy atom. The minimum absolute atomic E-state index is 0.357. The second kappa shape index (κ2) is 6.48. The van der Waals surface area contributed by atoms with Gasteiger partial charge in [-0.25, -0.2) is 0 Å². The van der Waals surface area contributed by atoms with E-state index in [0.29, 0.717) is 17.9 Å². The number of hydrogen-bond acceptors (Lipinski definition) is 3. The number of rotatable bonds is 6. The van der Waals surface area contributed by atoms with E-state index in [4.69, 9.17) is 9.47 Å². The molecule has 1 rings (SSSR count). The average Bonchev–Trinajstić information content (AvgIpc) is 2.40. The third kappa shape index (κ3) is 3.26. The van der Waals surface area contributed by atoms with Crippen molar-refractivity contribution in [3.8, 4) is 11.5 Å². The van der Waals surface area contributed by atoms with E-state index >= 15 is 0 Å². The summed E-state index contributed by atoms with van der Waals surface area (Å²) in [6.45, 7) is 5.44. The summed E-state index contributed by atoms with van der Waals surface area (Å²) < 4.78 is 11.7. The zero-order valence-electron chi connectivity index (χ0n) is 12.5. The van der Waals surface area contributed by atoms with Crippen LogP contribution in [0.4, 0.5) is 0 Å². The molecule has 1 aromatic rings. The van der Waals surface area contributed by atoms with Gasteiger partial charge in [0.15, 0.2) is 11.5 Å². The Hall–Kier alpha value is -1.23. The van der Waals surface area contributed by atoms with Crippen LogP contribution in [0.25, 0.3) is 0 Å². The third-order valence-electron chi connectivity index (χ3n) is 3.35. The molecule has 0 bridgehead atoms. The fourth-order valence-electron chi connectivity index (χ4n) is 2.04. The number of ether oxygens (including phenoxy) is 2. The Balaban J connectivity index is 3.46. The van der Waals surface area contributed by atoms with Crippen LogP contribution in [0.3, 0.4) is 0 Å². The molecule has 1 aromatic carbocycles. The van der Waals surface area contributed by atoms with Crippen LogP contribution < -0.4 is 9.47 Å². The lowest BCUT2D eigenvalue weighted by molar-refractivity contribution is -0.146. The molecule has 0 atom stereocenters. The Morgan fingerprint density at radius 1 is 1.35 bits per heavy atom. The summed E-state index contributed by atoms with van der Waals surface area (Å²) in [5.74, 6) is 0.377. The van der Waals surface area contributed by atoms with Crippen molar-refractivity contribution in [2.75, 3.05) is 14.2 Å². The van der Waals surface area contributed by atoms with E-state index in [0.717, 1.165) is 22.0 Å². The minimum Gasteiger partial charge on any atom is -0.493 e. The predicted molar refractivity (Wildman–Crippen MR) is 81.7 cm³/mol. The van der Waals surface area contributed by atoms with Gasteiger partial charge in [0.2, 0.25) is 0 Å². The lowest BCUT2D eigenvalue weighted by Crippen LogP contribution is -2.26. The fourth-order valence-corrected chi connectivity index (χ4v) is 2.75. The van der Waals surface area contributed by atoms with E-state index in [1.165, 1.54) is 0 Å². The summed E-state index contributed by atoms with van der Waals surface area (Å²) in [6, 6.07) is 1.92. The van der Waals surface area contributed by atoms with Crippen molar-refractivity contribution in [1.29, 1.82) is 0 Å². The first-order valence-corrected chi connectivity index (χ1v) is 7.23. The van der Waals surface area contributed by atoms with Gasteiger partial charge in [-0.15, -0.1) is 0 Å². The molecule has 1 N–H and O–H groups in total. The second-order valence-corrected chi connectivity index (χ2v) is 6.08. The minimum atomic E-state index is -0.882. The monoisotopic (exact) mass is 344 g/mol. The number of aryl methyl sites for hydroxylation is 1. The molecular weight excluding hydrogens is 324 g/mol. The molecule has 0 aliphatic heterocycles. The van der Waals surface area contributed by atoms with Crippen molar-refractivity contribution < 1.29 is 19.4 Å². The zero-order valence-corrected chi connectivity index (χ0v) is 14.1. The number of aliphatic carboxylic acids is 1. The van der Waals surface area contributed by atoms with Crippen molar-refractivity contribution in [2.45, 2.75) is 33.6 Å². The smallest absolute Gasteiger partial charge is 0.309 e. The Morgan fingerprint density at radius 2 is 1.95 bits per heavy atom. The van der Waals surface area contributed by atoms with Gasteiger partial charge in [-0.2, -0.15) is 0 Å². The van der Waals surface area contributed by atoms with E-state index in [1.54, 1.807) is 28.1 Å².